The molecular weight excluding hydrogens is 448 g/mol. The molecule has 6 nitrogen and oxygen atoms in total. The van der Waals surface area contributed by atoms with Gasteiger partial charge in [0.1, 0.15) is 0 Å². The Labute approximate surface area is 200 Å². The van der Waals surface area contributed by atoms with Gasteiger partial charge >= 0.3 is 0 Å². The van der Waals surface area contributed by atoms with Crippen LogP contribution < -0.4 is 10.1 Å². The van der Waals surface area contributed by atoms with Crippen molar-refractivity contribution in [1.29, 1.82) is 0 Å². The summed E-state index contributed by atoms with van der Waals surface area (Å²) in [5.41, 5.74) is 3.89. The molecular formula is C27H28N2O4S. The second-order valence-electron chi connectivity index (χ2n) is 8.90. The van der Waals surface area contributed by atoms with Gasteiger partial charge in [0.2, 0.25) is 10.0 Å². The molecule has 0 fully saturated rings. The van der Waals surface area contributed by atoms with Gasteiger partial charge in [-0.3, -0.25) is 0 Å². The molecule has 1 aliphatic heterocycles. The van der Waals surface area contributed by atoms with Crippen LogP contribution in [0.4, 0.5) is 5.69 Å². The fourth-order valence-corrected chi connectivity index (χ4v) is 6.25. The number of hydrogen-bond donors (Lipinski definition) is 2. The molecule has 1 aliphatic carbocycles. The monoisotopic (exact) mass is 476 g/mol. The Bertz CT molecular complexity index is 1340. The summed E-state index contributed by atoms with van der Waals surface area (Å²) < 4.78 is 33.4. The standard InChI is InChI=1S/C27H28N2O4S/c1-29(17-18-7-4-3-5-8-18)34(31,32)20-12-13-24-23(16-20)21-9-6-10-22(21)27(28-24)19-11-14-25(30)26(15-19)33-2/h3-9,11-16,21-22,27-28,30H,10,17H2,1-2H3. The first kappa shape index (κ1) is 22.5. The van der Waals surface area contributed by atoms with Gasteiger partial charge in [0, 0.05) is 25.2 Å². The summed E-state index contributed by atoms with van der Waals surface area (Å²) >= 11 is 0. The van der Waals surface area contributed by atoms with Crippen molar-refractivity contribution in [2.24, 2.45) is 5.92 Å². The van der Waals surface area contributed by atoms with E-state index in [2.05, 4.69) is 17.5 Å². The number of benzene rings is 3. The van der Waals surface area contributed by atoms with Gasteiger partial charge < -0.3 is 15.2 Å². The molecule has 3 unspecified atom stereocenters. The Balaban J connectivity index is 1.47. The lowest BCUT2D eigenvalue weighted by Crippen LogP contribution is -2.30. The number of nitrogens with zero attached hydrogens (tertiary/aromatic N) is 1. The minimum atomic E-state index is -3.64. The average Bonchev–Trinajstić information content (AvgIpc) is 3.34. The third kappa shape index (κ3) is 3.95. The highest BCUT2D eigenvalue weighted by Gasteiger charge is 2.39. The van der Waals surface area contributed by atoms with Crippen molar-refractivity contribution in [3.8, 4) is 11.5 Å². The van der Waals surface area contributed by atoms with E-state index in [4.69, 9.17) is 4.74 Å². The third-order valence-corrected chi connectivity index (χ3v) is 8.65. The van der Waals surface area contributed by atoms with E-state index in [9.17, 15) is 13.5 Å². The van der Waals surface area contributed by atoms with E-state index >= 15 is 0 Å². The van der Waals surface area contributed by atoms with Crippen LogP contribution >= 0.6 is 0 Å². The van der Waals surface area contributed by atoms with E-state index in [1.807, 2.05) is 54.6 Å². The largest absolute Gasteiger partial charge is 0.504 e. The topological polar surface area (TPSA) is 78.9 Å². The molecule has 0 amide bonds. The highest BCUT2D eigenvalue weighted by molar-refractivity contribution is 7.89. The summed E-state index contributed by atoms with van der Waals surface area (Å²) in [5.74, 6) is 0.894. The van der Waals surface area contributed by atoms with E-state index in [0.29, 0.717) is 17.2 Å². The Hall–Kier alpha value is -3.29. The molecule has 3 atom stereocenters. The number of phenols is 1. The number of ether oxygens (including phenoxy) is 1. The van der Waals surface area contributed by atoms with Crippen LogP contribution in [0.3, 0.4) is 0 Å². The van der Waals surface area contributed by atoms with Gasteiger partial charge in [0.05, 0.1) is 18.0 Å². The molecule has 3 aromatic carbocycles. The number of aromatic hydroxyl groups is 1. The molecule has 34 heavy (non-hydrogen) atoms. The van der Waals surface area contributed by atoms with Gasteiger partial charge in [-0.25, -0.2) is 8.42 Å². The van der Waals surface area contributed by atoms with E-state index in [1.165, 1.54) is 4.31 Å². The molecule has 0 spiro atoms. The van der Waals surface area contributed by atoms with Crippen LogP contribution in [0.2, 0.25) is 0 Å². The SMILES string of the molecule is COc1cc(C2Nc3ccc(S(=O)(=O)N(C)Cc4ccccc4)cc3C3C=CCC32)ccc1O. The lowest BCUT2D eigenvalue weighted by atomic mass is 9.77. The number of phenolic OH excluding ortho intramolecular Hbond substituents is 1. The molecule has 1 heterocycles. The van der Waals surface area contributed by atoms with Gasteiger partial charge in [-0.15, -0.1) is 0 Å². The zero-order chi connectivity index (χ0) is 23.9. The van der Waals surface area contributed by atoms with Crippen molar-refractivity contribution in [3.05, 3.63) is 95.6 Å². The molecule has 0 aromatic heterocycles. The van der Waals surface area contributed by atoms with Crippen LogP contribution in [0.25, 0.3) is 0 Å². The average molecular weight is 477 g/mol. The summed E-state index contributed by atoms with van der Waals surface area (Å²) in [5, 5.41) is 13.6. The minimum Gasteiger partial charge on any atom is -0.504 e. The van der Waals surface area contributed by atoms with Crippen molar-refractivity contribution in [3.63, 3.8) is 0 Å². The van der Waals surface area contributed by atoms with E-state index in [-0.39, 0.29) is 23.6 Å². The van der Waals surface area contributed by atoms with E-state index in [1.54, 1.807) is 26.3 Å². The molecule has 5 rings (SSSR count). The number of anilines is 1. The molecule has 3 aromatic rings. The number of methoxy groups -OCH3 is 1. The van der Waals surface area contributed by atoms with Crippen LogP contribution in [0, 0.1) is 5.92 Å². The number of nitrogens with one attached hydrogen (secondary N) is 1. The lowest BCUT2D eigenvalue weighted by Gasteiger charge is -2.38. The first-order valence-electron chi connectivity index (χ1n) is 11.3. The number of hydrogen-bond acceptors (Lipinski definition) is 5. The van der Waals surface area contributed by atoms with Gasteiger partial charge in [-0.2, -0.15) is 4.31 Å². The van der Waals surface area contributed by atoms with Crippen LogP contribution in [0.1, 0.15) is 35.1 Å². The predicted molar refractivity (Wildman–Crippen MR) is 133 cm³/mol. The fraction of sp³-hybridized carbons (Fsp3) is 0.259. The molecule has 0 radical (unpaired) electrons. The Kier molecular flexibility index (Phi) is 5.83. The zero-order valence-electron chi connectivity index (χ0n) is 19.2. The first-order valence-corrected chi connectivity index (χ1v) is 12.8. The molecule has 7 heteroatoms. The quantitative estimate of drug-likeness (QED) is 0.487. The molecule has 0 bridgehead atoms. The first-order chi connectivity index (χ1) is 16.4. The summed E-state index contributed by atoms with van der Waals surface area (Å²) in [7, 11) is -0.483. The fourth-order valence-electron chi connectivity index (χ4n) is 5.06. The summed E-state index contributed by atoms with van der Waals surface area (Å²) in [6.07, 6.45) is 5.23. The maximum atomic E-state index is 13.4. The number of allylic oxidation sites excluding steroid dienone is 2. The van der Waals surface area contributed by atoms with E-state index < -0.39 is 10.0 Å². The van der Waals surface area contributed by atoms with Gasteiger partial charge in [0.25, 0.3) is 0 Å². The van der Waals surface area contributed by atoms with Gasteiger partial charge in [-0.1, -0.05) is 48.6 Å². The van der Waals surface area contributed by atoms with Crippen LogP contribution in [0.5, 0.6) is 11.5 Å². The summed E-state index contributed by atoms with van der Waals surface area (Å²) in [6, 6.07) is 20.4. The molecule has 2 aliphatic rings. The van der Waals surface area contributed by atoms with Crippen molar-refractivity contribution in [1.82, 2.24) is 4.31 Å². The number of fused-ring (bicyclic) bond motifs is 3. The maximum Gasteiger partial charge on any atom is 0.243 e. The molecule has 2 N–H and O–H groups in total. The Morgan fingerprint density at radius 3 is 2.65 bits per heavy atom. The zero-order valence-corrected chi connectivity index (χ0v) is 20.0. The summed E-state index contributed by atoms with van der Waals surface area (Å²) in [6.45, 7) is 0.315. The molecule has 0 saturated carbocycles. The normalized spacial score (nSPS) is 21.1. The smallest absolute Gasteiger partial charge is 0.243 e. The van der Waals surface area contributed by atoms with Crippen LogP contribution in [0.15, 0.2) is 83.8 Å². The second kappa shape index (κ2) is 8.81. The van der Waals surface area contributed by atoms with Crippen molar-refractivity contribution in [2.45, 2.75) is 29.8 Å². The van der Waals surface area contributed by atoms with Crippen LogP contribution in [-0.4, -0.2) is 32.0 Å². The number of sulfonamides is 1. The highest BCUT2D eigenvalue weighted by Crippen LogP contribution is 2.51. The number of rotatable bonds is 6. The van der Waals surface area contributed by atoms with Crippen molar-refractivity contribution >= 4 is 15.7 Å². The van der Waals surface area contributed by atoms with Gasteiger partial charge in [0.15, 0.2) is 11.5 Å². The minimum absolute atomic E-state index is 0.0187. The van der Waals surface area contributed by atoms with Crippen molar-refractivity contribution < 1.29 is 18.3 Å². The second-order valence-corrected chi connectivity index (χ2v) is 10.9. The Morgan fingerprint density at radius 1 is 1.09 bits per heavy atom. The molecule has 176 valence electrons. The van der Waals surface area contributed by atoms with Crippen LogP contribution in [-0.2, 0) is 16.6 Å². The van der Waals surface area contributed by atoms with E-state index in [0.717, 1.165) is 28.8 Å². The Morgan fingerprint density at radius 2 is 1.88 bits per heavy atom. The van der Waals surface area contributed by atoms with Crippen molar-refractivity contribution in [2.75, 3.05) is 19.5 Å². The third-order valence-electron chi connectivity index (χ3n) is 6.85. The molecule has 0 saturated heterocycles. The maximum absolute atomic E-state index is 13.4. The van der Waals surface area contributed by atoms with Gasteiger partial charge in [-0.05, 0) is 59.4 Å². The lowest BCUT2D eigenvalue weighted by molar-refractivity contribution is 0.370. The summed E-state index contributed by atoms with van der Waals surface area (Å²) in [4.78, 5) is 0.301. The predicted octanol–water partition coefficient (Wildman–Crippen LogP) is 5.05. The highest BCUT2D eigenvalue weighted by atomic mass is 32.2.